The van der Waals surface area contributed by atoms with E-state index in [-0.39, 0.29) is 23.2 Å². The average molecular weight is 395 g/mol. The largest absolute Gasteiger partial charge is 0.493 e. The van der Waals surface area contributed by atoms with Crippen molar-refractivity contribution in [1.82, 2.24) is 9.97 Å². The Morgan fingerprint density at radius 2 is 2.21 bits per heavy atom. The molecule has 3 rings (SSSR count). The van der Waals surface area contributed by atoms with Gasteiger partial charge in [-0.15, -0.1) is 0 Å². The lowest BCUT2D eigenvalue weighted by atomic mass is 9.85. The second-order valence-electron chi connectivity index (χ2n) is 6.57. The number of benzene rings is 1. The fourth-order valence-corrected chi connectivity index (χ4v) is 3.24. The summed E-state index contributed by atoms with van der Waals surface area (Å²) in [5.41, 5.74) is -0.400. The van der Waals surface area contributed by atoms with Crippen LogP contribution in [-0.2, 0) is 4.79 Å². The highest BCUT2D eigenvalue weighted by atomic mass is 16.5. The highest BCUT2D eigenvalue weighted by molar-refractivity contribution is 6.01. The maximum Gasteiger partial charge on any atom is 0.339 e. The lowest BCUT2D eigenvalue weighted by Gasteiger charge is -2.19. The first kappa shape index (κ1) is 20.1. The first-order valence-electron chi connectivity index (χ1n) is 9.27. The Morgan fingerprint density at radius 1 is 1.41 bits per heavy atom. The Hall–Kier alpha value is -3.67. The smallest absolute Gasteiger partial charge is 0.339 e. The summed E-state index contributed by atoms with van der Waals surface area (Å²) >= 11 is 0. The monoisotopic (exact) mass is 395 g/mol. The average Bonchev–Trinajstić information content (AvgIpc) is 3.05. The number of aromatic nitrogens is 2. The molecule has 2 heterocycles. The van der Waals surface area contributed by atoms with E-state index in [1.807, 2.05) is 6.92 Å². The van der Waals surface area contributed by atoms with Crippen molar-refractivity contribution in [2.75, 3.05) is 23.4 Å². The van der Waals surface area contributed by atoms with Gasteiger partial charge in [0.15, 0.2) is 0 Å². The molecule has 1 amide bonds. The molecule has 9 heteroatoms. The number of carboxylic acid groups (broad SMARTS) is 1. The van der Waals surface area contributed by atoms with E-state index in [1.165, 1.54) is 17.2 Å². The Morgan fingerprint density at radius 3 is 2.83 bits per heavy atom. The van der Waals surface area contributed by atoms with Crippen molar-refractivity contribution in [3.8, 4) is 11.8 Å². The molecule has 2 aromatic rings. The van der Waals surface area contributed by atoms with Gasteiger partial charge in [0.2, 0.25) is 11.9 Å². The SMILES string of the molecule is CCOc1cc(Nc2nccc(N3CC[C@@](C#N)(CC)C3=O)n2)ccc1C(=O)O. The quantitative estimate of drug-likeness (QED) is 0.732. The zero-order chi connectivity index (χ0) is 21.0. The molecular weight excluding hydrogens is 374 g/mol. The van der Waals surface area contributed by atoms with Gasteiger partial charge in [0.25, 0.3) is 0 Å². The molecule has 0 radical (unpaired) electrons. The van der Waals surface area contributed by atoms with Crippen LogP contribution in [-0.4, -0.2) is 40.1 Å². The van der Waals surface area contributed by atoms with E-state index in [9.17, 15) is 20.0 Å². The third-order valence-electron chi connectivity index (χ3n) is 4.92. The van der Waals surface area contributed by atoms with E-state index in [1.54, 1.807) is 25.1 Å². The zero-order valence-corrected chi connectivity index (χ0v) is 16.2. The minimum absolute atomic E-state index is 0.0575. The number of carbonyl (C=O) groups is 2. The van der Waals surface area contributed by atoms with E-state index in [0.29, 0.717) is 37.5 Å². The molecule has 2 N–H and O–H groups in total. The third-order valence-corrected chi connectivity index (χ3v) is 4.92. The summed E-state index contributed by atoms with van der Waals surface area (Å²) in [4.78, 5) is 34.1. The number of carbonyl (C=O) groups excluding carboxylic acids is 1. The van der Waals surface area contributed by atoms with Gasteiger partial charge in [-0.05, 0) is 38.0 Å². The summed E-state index contributed by atoms with van der Waals surface area (Å²) in [6, 6.07) is 8.35. The van der Waals surface area contributed by atoms with Gasteiger partial charge >= 0.3 is 5.97 Å². The van der Waals surface area contributed by atoms with Gasteiger partial charge in [-0.3, -0.25) is 9.69 Å². The fraction of sp³-hybridized carbons (Fsp3) is 0.350. The molecule has 1 aliphatic heterocycles. The minimum atomic E-state index is -1.08. The van der Waals surface area contributed by atoms with E-state index < -0.39 is 11.4 Å². The van der Waals surface area contributed by atoms with Crippen LogP contribution >= 0.6 is 0 Å². The second kappa shape index (κ2) is 8.14. The summed E-state index contributed by atoms with van der Waals surface area (Å²) in [5.74, 6) is -0.450. The van der Waals surface area contributed by atoms with Gasteiger partial charge in [-0.1, -0.05) is 6.92 Å². The van der Waals surface area contributed by atoms with Crippen LogP contribution in [0.15, 0.2) is 30.5 Å². The van der Waals surface area contributed by atoms with Crippen LogP contribution in [0.25, 0.3) is 0 Å². The summed E-state index contributed by atoms with van der Waals surface area (Å²) in [6.45, 7) is 4.33. The summed E-state index contributed by atoms with van der Waals surface area (Å²) < 4.78 is 5.40. The van der Waals surface area contributed by atoms with Gasteiger partial charge in [0.1, 0.15) is 22.5 Å². The van der Waals surface area contributed by atoms with Crippen LogP contribution in [0.3, 0.4) is 0 Å². The minimum Gasteiger partial charge on any atom is -0.493 e. The number of amides is 1. The molecule has 0 saturated carbocycles. The van der Waals surface area contributed by atoms with Gasteiger partial charge in [0.05, 0.1) is 12.7 Å². The maximum atomic E-state index is 12.7. The summed E-state index contributed by atoms with van der Waals surface area (Å²) in [6.07, 6.45) is 2.43. The highest BCUT2D eigenvalue weighted by Gasteiger charge is 2.46. The fourth-order valence-electron chi connectivity index (χ4n) is 3.24. The number of hydrogen-bond acceptors (Lipinski definition) is 7. The van der Waals surface area contributed by atoms with E-state index in [2.05, 4.69) is 21.4 Å². The van der Waals surface area contributed by atoms with Gasteiger partial charge in [0, 0.05) is 24.5 Å². The second-order valence-corrected chi connectivity index (χ2v) is 6.57. The van der Waals surface area contributed by atoms with Gasteiger partial charge in [-0.25, -0.2) is 9.78 Å². The highest BCUT2D eigenvalue weighted by Crippen LogP contribution is 2.36. The van der Waals surface area contributed by atoms with Crippen molar-refractivity contribution >= 4 is 29.3 Å². The molecular formula is C20H21N5O4. The first-order valence-corrected chi connectivity index (χ1v) is 9.27. The van der Waals surface area contributed by atoms with E-state index in [4.69, 9.17) is 4.74 Å². The van der Waals surface area contributed by atoms with Crippen LogP contribution in [0.1, 0.15) is 37.0 Å². The number of anilines is 3. The lowest BCUT2D eigenvalue weighted by molar-refractivity contribution is -0.123. The van der Waals surface area contributed by atoms with Crippen molar-refractivity contribution < 1.29 is 19.4 Å². The zero-order valence-electron chi connectivity index (χ0n) is 16.2. The van der Waals surface area contributed by atoms with Crippen LogP contribution < -0.4 is 15.0 Å². The number of rotatable bonds is 7. The standard InChI is InChI=1S/C20H21N5O4/c1-3-20(12-21)8-10-25(18(20)28)16-7-9-22-19(24-16)23-13-5-6-14(17(26)27)15(11-13)29-4-2/h5-7,9,11H,3-4,8,10H2,1-2H3,(H,26,27)(H,22,23,24)/t20-/m1/s1. The topological polar surface area (TPSA) is 128 Å². The van der Waals surface area contributed by atoms with Crippen molar-refractivity contribution in [2.24, 2.45) is 5.41 Å². The molecule has 150 valence electrons. The third kappa shape index (κ3) is 3.82. The van der Waals surface area contributed by atoms with Crippen LogP contribution in [0, 0.1) is 16.7 Å². The number of nitrogens with one attached hydrogen (secondary N) is 1. The van der Waals surface area contributed by atoms with Crippen molar-refractivity contribution in [1.29, 1.82) is 5.26 Å². The maximum absolute atomic E-state index is 12.7. The molecule has 9 nitrogen and oxygen atoms in total. The van der Waals surface area contributed by atoms with E-state index in [0.717, 1.165) is 0 Å². The molecule has 1 aliphatic rings. The van der Waals surface area contributed by atoms with Crippen LogP contribution in [0.4, 0.5) is 17.5 Å². The molecule has 0 aliphatic carbocycles. The van der Waals surface area contributed by atoms with Gasteiger partial charge in [-0.2, -0.15) is 10.2 Å². The lowest BCUT2D eigenvalue weighted by Crippen LogP contribution is -2.33. The summed E-state index contributed by atoms with van der Waals surface area (Å²) in [5, 5.41) is 21.7. The van der Waals surface area contributed by atoms with E-state index >= 15 is 0 Å². The van der Waals surface area contributed by atoms with Gasteiger partial charge < -0.3 is 15.2 Å². The number of nitrogens with zero attached hydrogens (tertiary/aromatic N) is 4. The van der Waals surface area contributed by atoms with Crippen molar-refractivity contribution in [3.05, 3.63) is 36.0 Å². The molecule has 1 saturated heterocycles. The molecule has 1 atom stereocenters. The van der Waals surface area contributed by atoms with Crippen LogP contribution in [0.5, 0.6) is 5.75 Å². The normalized spacial score (nSPS) is 18.4. The molecule has 0 spiro atoms. The molecule has 29 heavy (non-hydrogen) atoms. The number of carboxylic acids is 1. The number of aromatic carboxylic acids is 1. The summed E-state index contributed by atoms with van der Waals surface area (Å²) in [7, 11) is 0. The number of nitriles is 1. The number of ether oxygens (including phenoxy) is 1. The Kier molecular flexibility index (Phi) is 5.64. The molecule has 0 unspecified atom stereocenters. The number of hydrogen-bond donors (Lipinski definition) is 2. The predicted molar refractivity (Wildman–Crippen MR) is 105 cm³/mol. The predicted octanol–water partition coefficient (Wildman–Crippen LogP) is 2.97. The molecule has 1 aromatic carbocycles. The molecule has 1 aromatic heterocycles. The molecule has 0 bridgehead atoms. The Bertz CT molecular complexity index is 987. The van der Waals surface area contributed by atoms with Crippen LogP contribution in [0.2, 0.25) is 0 Å². The first-order chi connectivity index (χ1) is 13.9. The van der Waals surface area contributed by atoms with Crippen molar-refractivity contribution in [2.45, 2.75) is 26.7 Å². The van der Waals surface area contributed by atoms with Crippen molar-refractivity contribution in [3.63, 3.8) is 0 Å². The Balaban J connectivity index is 1.84. The molecule has 1 fully saturated rings. The Labute approximate surface area is 168 Å².